The number of likely N-dealkylation sites (tertiary alicyclic amines) is 1. The summed E-state index contributed by atoms with van der Waals surface area (Å²) in [4.78, 5) is 22.9. The van der Waals surface area contributed by atoms with Crippen LogP contribution >= 0.6 is 11.3 Å². The number of aromatic nitrogens is 4. The van der Waals surface area contributed by atoms with Crippen LogP contribution in [0, 0.1) is 12.8 Å². The van der Waals surface area contributed by atoms with Crippen molar-refractivity contribution in [2.24, 2.45) is 5.92 Å². The standard InChI is InChI=1S/C19H20F2N6OS/c1-11-25-26-18(29-11)13-2-3-14-9-22-19(23-15(14)8-13)24-17(28)12-4-6-27(7-5-12)10-16(20)21/h2-3,8-9,12,16H,4-7,10H2,1H3,(H,22,23,24,28). The number of rotatable bonds is 5. The van der Waals surface area contributed by atoms with Gasteiger partial charge in [0.25, 0.3) is 6.43 Å². The van der Waals surface area contributed by atoms with Crippen molar-refractivity contribution in [3.8, 4) is 10.6 Å². The van der Waals surface area contributed by atoms with Crippen LogP contribution in [0.2, 0.25) is 0 Å². The quantitative estimate of drug-likeness (QED) is 0.684. The maximum absolute atomic E-state index is 12.5. The van der Waals surface area contributed by atoms with Gasteiger partial charge in [-0.05, 0) is 38.9 Å². The van der Waals surface area contributed by atoms with Gasteiger partial charge in [0.1, 0.15) is 10.0 Å². The summed E-state index contributed by atoms with van der Waals surface area (Å²) in [5.74, 6) is -0.154. The van der Waals surface area contributed by atoms with E-state index in [-0.39, 0.29) is 24.3 Å². The monoisotopic (exact) mass is 418 g/mol. The van der Waals surface area contributed by atoms with E-state index in [1.165, 1.54) is 11.3 Å². The van der Waals surface area contributed by atoms with Crippen LogP contribution in [-0.2, 0) is 4.79 Å². The molecule has 0 aliphatic carbocycles. The average Bonchev–Trinajstić information content (AvgIpc) is 3.14. The summed E-state index contributed by atoms with van der Waals surface area (Å²) in [5, 5.41) is 13.5. The SMILES string of the molecule is Cc1nnc(-c2ccc3cnc(NC(=O)C4CCN(CC(F)F)CC4)nc3c2)s1. The minimum atomic E-state index is -2.35. The van der Waals surface area contributed by atoms with E-state index >= 15 is 0 Å². The van der Waals surface area contributed by atoms with Crippen LogP contribution in [0.5, 0.6) is 0 Å². The number of anilines is 1. The Balaban J connectivity index is 1.44. The predicted octanol–water partition coefficient (Wildman–Crippen LogP) is 3.37. The lowest BCUT2D eigenvalue weighted by Crippen LogP contribution is -2.40. The first-order chi connectivity index (χ1) is 14.0. The number of hydrogen-bond donors (Lipinski definition) is 1. The minimum absolute atomic E-state index is 0.169. The first-order valence-corrected chi connectivity index (χ1v) is 10.2. The van der Waals surface area contributed by atoms with Gasteiger partial charge in [-0.1, -0.05) is 23.5 Å². The first kappa shape index (κ1) is 19.7. The predicted molar refractivity (Wildman–Crippen MR) is 107 cm³/mol. The van der Waals surface area contributed by atoms with Crippen LogP contribution in [0.3, 0.4) is 0 Å². The van der Waals surface area contributed by atoms with Gasteiger partial charge in [0, 0.05) is 23.1 Å². The lowest BCUT2D eigenvalue weighted by atomic mass is 9.96. The van der Waals surface area contributed by atoms with E-state index in [1.54, 1.807) is 11.1 Å². The third-order valence-electron chi connectivity index (χ3n) is 4.95. The molecule has 1 saturated heterocycles. The highest BCUT2D eigenvalue weighted by atomic mass is 32.1. The molecule has 10 heteroatoms. The van der Waals surface area contributed by atoms with Crippen molar-refractivity contribution in [2.75, 3.05) is 25.0 Å². The molecule has 0 unspecified atom stereocenters. The number of piperidine rings is 1. The molecule has 3 aromatic rings. The van der Waals surface area contributed by atoms with Gasteiger partial charge in [-0.2, -0.15) is 0 Å². The van der Waals surface area contributed by atoms with E-state index in [0.29, 0.717) is 31.4 Å². The Hall–Kier alpha value is -2.59. The highest BCUT2D eigenvalue weighted by Gasteiger charge is 2.26. The normalized spacial score (nSPS) is 15.9. The van der Waals surface area contributed by atoms with Gasteiger partial charge >= 0.3 is 0 Å². The van der Waals surface area contributed by atoms with Gasteiger partial charge in [0.15, 0.2) is 0 Å². The molecule has 3 heterocycles. The Morgan fingerprint density at radius 1 is 1.31 bits per heavy atom. The molecule has 0 radical (unpaired) electrons. The highest BCUT2D eigenvalue weighted by Crippen LogP contribution is 2.26. The second-order valence-corrected chi connectivity index (χ2v) is 8.23. The summed E-state index contributed by atoms with van der Waals surface area (Å²) in [6, 6.07) is 5.75. The largest absolute Gasteiger partial charge is 0.298 e. The number of benzene rings is 1. The Bertz CT molecular complexity index is 1020. The molecule has 29 heavy (non-hydrogen) atoms. The maximum Gasteiger partial charge on any atom is 0.251 e. The van der Waals surface area contributed by atoms with E-state index in [2.05, 4.69) is 25.5 Å². The second kappa shape index (κ2) is 8.42. The van der Waals surface area contributed by atoms with Crippen LogP contribution in [0.15, 0.2) is 24.4 Å². The Kier molecular flexibility index (Phi) is 5.72. The van der Waals surface area contributed by atoms with E-state index in [4.69, 9.17) is 0 Å². The number of nitrogens with zero attached hydrogens (tertiary/aromatic N) is 5. The van der Waals surface area contributed by atoms with Crippen molar-refractivity contribution < 1.29 is 13.6 Å². The van der Waals surface area contributed by atoms with Crippen LogP contribution in [0.4, 0.5) is 14.7 Å². The molecule has 1 aliphatic heterocycles. The van der Waals surface area contributed by atoms with E-state index < -0.39 is 6.43 Å². The van der Waals surface area contributed by atoms with Gasteiger partial charge < -0.3 is 0 Å². The lowest BCUT2D eigenvalue weighted by molar-refractivity contribution is -0.121. The fourth-order valence-corrected chi connectivity index (χ4v) is 4.10. The van der Waals surface area contributed by atoms with Crippen LogP contribution < -0.4 is 5.32 Å². The van der Waals surface area contributed by atoms with Gasteiger partial charge in [-0.15, -0.1) is 10.2 Å². The fraction of sp³-hybridized carbons (Fsp3) is 0.421. The van der Waals surface area contributed by atoms with E-state index in [0.717, 1.165) is 21.0 Å². The first-order valence-electron chi connectivity index (χ1n) is 9.36. The topological polar surface area (TPSA) is 83.9 Å². The number of nitrogens with one attached hydrogen (secondary N) is 1. The third kappa shape index (κ3) is 4.70. The number of hydrogen-bond acceptors (Lipinski definition) is 7. The Morgan fingerprint density at radius 2 is 2.10 bits per heavy atom. The summed E-state index contributed by atoms with van der Waals surface area (Å²) in [6.45, 7) is 2.64. The molecule has 7 nitrogen and oxygen atoms in total. The van der Waals surface area contributed by atoms with Crippen LogP contribution in [0.25, 0.3) is 21.5 Å². The fourth-order valence-electron chi connectivity index (χ4n) is 3.41. The number of amides is 1. The third-order valence-corrected chi connectivity index (χ3v) is 5.83. The number of alkyl halides is 2. The molecule has 152 valence electrons. The minimum Gasteiger partial charge on any atom is -0.298 e. The van der Waals surface area contributed by atoms with Crippen molar-refractivity contribution in [3.63, 3.8) is 0 Å². The smallest absolute Gasteiger partial charge is 0.251 e. The summed E-state index contributed by atoms with van der Waals surface area (Å²) < 4.78 is 25.0. The molecule has 0 saturated carbocycles. The molecule has 1 aromatic carbocycles. The summed E-state index contributed by atoms with van der Waals surface area (Å²) in [6.07, 6.45) is 0.415. The van der Waals surface area contributed by atoms with Gasteiger partial charge in [0.05, 0.1) is 12.1 Å². The molecule has 1 amide bonds. The molecule has 2 aromatic heterocycles. The maximum atomic E-state index is 12.5. The van der Waals surface area contributed by atoms with E-state index in [1.807, 2.05) is 25.1 Å². The molecule has 0 spiro atoms. The number of halogens is 2. The molecule has 0 bridgehead atoms. The van der Waals surface area contributed by atoms with Crippen molar-refractivity contribution in [2.45, 2.75) is 26.2 Å². The molecule has 0 atom stereocenters. The summed E-state index contributed by atoms with van der Waals surface area (Å²) in [5.41, 5.74) is 1.61. The van der Waals surface area contributed by atoms with Gasteiger partial charge in [-0.25, -0.2) is 18.7 Å². The second-order valence-electron chi connectivity index (χ2n) is 7.05. The van der Waals surface area contributed by atoms with E-state index in [9.17, 15) is 13.6 Å². The molecule has 4 rings (SSSR count). The zero-order chi connectivity index (χ0) is 20.4. The van der Waals surface area contributed by atoms with Crippen LogP contribution in [-0.4, -0.2) is 57.0 Å². The van der Waals surface area contributed by atoms with Crippen molar-refractivity contribution >= 4 is 34.1 Å². The van der Waals surface area contributed by atoms with Crippen molar-refractivity contribution in [1.82, 2.24) is 25.1 Å². The van der Waals surface area contributed by atoms with Crippen molar-refractivity contribution in [3.05, 3.63) is 29.4 Å². The molecule has 1 aliphatic rings. The number of aryl methyl sites for hydroxylation is 1. The zero-order valence-corrected chi connectivity index (χ0v) is 16.6. The van der Waals surface area contributed by atoms with Crippen LogP contribution in [0.1, 0.15) is 17.8 Å². The molecular weight excluding hydrogens is 398 g/mol. The Morgan fingerprint density at radius 3 is 2.79 bits per heavy atom. The molecule has 1 fully saturated rings. The molecule has 1 N–H and O–H groups in total. The summed E-state index contributed by atoms with van der Waals surface area (Å²) >= 11 is 1.50. The van der Waals surface area contributed by atoms with Gasteiger partial charge in [-0.3, -0.25) is 15.0 Å². The number of fused-ring (bicyclic) bond motifs is 1. The summed E-state index contributed by atoms with van der Waals surface area (Å²) in [7, 11) is 0. The number of carbonyl (C=O) groups is 1. The van der Waals surface area contributed by atoms with Gasteiger partial charge in [0.2, 0.25) is 11.9 Å². The average molecular weight is 418 g/mol. The highest BCUT2D eigenvalue weighted by molar-refractivity contribution is 7.14. The van der Waals surface area contributed by atoms with Crippen molar-refractivity contribution in [1.29, 1.82) is 0 Å². The lowest BCUT2D eigenvalue weighted by Gasteiger charge is -2.30. The molecular formula is C19H20F2N6OS. The number of carbonyl (C=O) groups excluding carboxylic acids is 1. The Labute approximate surface area is 170 Å². The zero-order valence-electron chi connectivity index (χ0n) is 15.8.